The molecule has 0 heterocycles. The Balaban J connectivity index is 2.30. The summed E-state index contributed by atoms with van der Waals surface area (Å²) < 4.78 is 0. The van der Waals surface area contributed by atoms with Gasteiger partial charge in [0.05, 0.1) is 21.6 Å². The number of benzene rings is 2. The third-order valence-electron chi connectivity index (χ3n) is 3.08. The van der Waals surface area contributed by atoms with E-state index in [1.54, 1.807) is 0 Å². The number of non-ortho nitro benzene ring substituents is 1. The highest BCUT2D eigenvalue weighted by Gasteiger charge is 2.20. The smallest absolute Gasteiger partial charge is 0.336 e. The summed E-state index contributed by atoms with van der Waals surface area (Å²) in [6.45, 7) is 0. The molecule has 2 rings (SSSR count). The van der Waals surface area contributed by atoms with Crippen molar-refractivity contribution >= 4 is 29.2 Å². The highest BCUT2D eigenvalue weighted by atomic mass is 16.6. The molecule has 3 N–H and O–H groups in total. The second kappa shape index (κ2) is 6.57. The van der Waals surface area contributed by atoms with Crippen LogP contribution in [0, 0.1) is 10.1 Å². The maximum absolute atomic E-state index is 12.2. The molecule has 0 aliphatic carbocycles. The summed E-state index contributed by atoms with van der Waals surface area (Å²) in [5.41, 5.74) is -0.941. The van der Waals surface area contributed by atoms with E-state index in [0.717, 1.165) is 18.2 Å². The minimum absolute atomic E-state index is 0.0227. The van der Waals surface area contributed by atoms with Crippen LogP contribution in [-0.2, 0) is 0 Å². The van der Waals surface area contributed by atoms with Crippen molar-refractivity contribution in [2.75, 3.05) is 5.32 Å². The standard InChI is InChI=1S/C15H10N2O7/c18-13(16-9-3-1-8(2-4-9)14(19)20)11-6-5-10(17(23)24)7-12(11)15(21)22/h1-7H,(H,16,18)(H,19,20)(H,21,22). The average Bonchev–Trinajstić information content (AvgIpc) is 2.54. The number of nitrogens with one attached hydrogen (secondary N) is 1. The van der Waals surface area contributed by atoms with Gasteiger partial charge in [-0.1, -0.05) is 0 Å². The first-order valence-corrected chi connectivity index (χ1v) is 6.46. The fraction of sp³-hybridized carbons (Fsp3) is 0. The quantitative estimate of drug-likeness (QED) is 0.562. The van der Waals surface area contributed by atoms with Crippen LogP contribution < -0.4 is 5.32 Å². The van der Waals surface area contributed by atoms with Gasteiger partial charge in [0.2, 0.25) is 0 Å². The van der Waals surface area contributed by atoms with E-state index in [-0.39, 0.29) is 16.8 Å². The van der Waals surface area contributed by atoms with Gasteiger partial charge >= 0.3 is 11.9 Å². The minimum Gasteiger partial charge on any atom is -0.478 e. The van der Waals surface area contributed by atoms with Gasteiger partial charge in [-0.15, -0.1) is 0 Å². The molecule has 0 spiro atoms. The Morgan fingerprint density at radius 2 is 1.54 bits per heavy atom. The SMILES string of the molecule is O=C(O)c1ccc(NC(=O)c2ccc([N+](=O)[O-])cc2C(=O)O)cc1. The van der Waals surface area contributed by atoms with Crippen molar-refractivity contribution < 1.29 is 29.5 Å². The predicted molar refractivity (Wildman–Crippen MR) is 81.4 cm³/mol. The largest absolute Gasteiger partial charge is 0.478 e. The first-order valence-electron chi connectivity index (χ1n) is 6.46. The van der Waals surface area contributed by atoms with E-state index in [0.29, 0.717) is 0 Å². The Kier molecular flexibility index (Phi) is 4.55. The summed E-state index contributed by atoms with van der Waals surface area (Å²) in [7, 11) is 0. The number of carboxylic acids is 2. The van der Waals surface area contributed by atoms with Crippen molar-refractivity contribution in [3.8, 4) is 0 Å². The Morgan fingerprint density at radius 3 is 2.04 bits per heavy atom. The molecule has 9 nitrogen and oxygen atoms in total. The third-order valence-corrected chi connectivity index (χ3v) is 3.08. The molecule has 0 aromatic heterocycles. The van der Waals surface area contributed by atoms with E-state index in [1.165, 1.54) is 24.3 Å². The Labute approximate surface area is 134 Å². The summed E-state index contributed by atoms with van der Waals surface area (Å²) in [4.78, 5) is 44.1. The monoisotopic (exact) mass is 330 g/mol. The lowest BCUT2D eigenvalue weighted by molar-refractivity contribution is -0.384. The first kappa shape index (κ1) is 16.6. The van der Waals surface area contributed by atoms with Crippen LogP contribution in [0.15, 0.2) is 42.5 Å². The van der Waals surface area contributed by atoms with E-state index < -0.39 is 34.0 Å². The van der Waals surface area contributed by atoms with Gasteiger partial charge in [0.25, 0.3) is 11.6 Å². The fourth-order valence-electron chi connectivity index (χ4n) is 1.92. The lowest BCUT2D eigenvalue weighted by Gasteiger charge is -2.08. The molecule has 0 unspecified atom stereocenters. The van der Waals surface area contributed by atoms with Crippen LogP contribution in [0.5, 0.6) is 0 Å². The zero-order chi connectivity index (χ0) is 17.9. The van der Waals surface area contributed by atoms with Crippen molar-refractivity contribution in [3.05, 3.63) is 69.3 Å². The molecule has 0 aliphatic heterocycles. The molecule has 0 radical (unpaired) electrons. The number of nitro benzene ring substituents is 1. The highest BCUT2D eigenvalue weighted by Crippen LogP contribution is 2.20. The topological polar surface area (TPSA) is 147 Å². The molecule has 24 heavy (non-hydrogen) atoms. The second-order valence-electron chi connectivity index (χ2n) is 4.63. The Bertz CT molecular complexity index is 843. The molecule has 9 heteroatoms. The molecular formula is C15H10N2O7. The molecule has 0 bridgehead atoms. The van der Waals surface area contributed by atoms with Crippen molar-refractivity contribution in [1.82, 2.24) is 0 Å². The fourth-order valence-corrected chi connectivity index (χ4v) is 1.92. The molecule has 122 valence electrons. The number of nitro groups is 1. The number of rotatable bonds is 5. The number of aromatic carboxylic acids is 2. The lowest BCUT2D eigenvalue weighted by Crippen LogP contribution is -2.16. The number of nitrogens with zero attached hydrogens (tertiary/aromatic N) is 1. The molecular weight excluding hydrogens is 320 g/mol. The van der Waals surface area contributed by atoms with Gasteiger partial charge in [0.15, 0.2) is 0 Å². The normalized spacial score (nSPS) is 10.0. The first-order chi connectivity index (χ1) is 11.3. The predicted octanol–water partition coefficient (Wildman–Crippen LogP) is 2.24. The van der Waals surface area contributed by atoms with Gasteiger partial charge in [-0.3, -0.25) is 14.9 Å². The zero-order valence-corrected chi connectivity index (χ0v) is 11.9. The van der Waals surface area contributed by atoms with Gasteiger partial charge in [-0.2, -0.15) is 0 Å². The number of carbonyl (C=O) groups is 3. The van der Waals surface area contributed by atoms with Gasteiger partial charge in [0.1, 0.15) is 0 Å². The van der Waals surface area contributed by atoms with Gasteiger partial charge < -0.3 is 15.5 Å². The molecule has 0 aliphatic rings. The van der Waals surface area contributed by atoms with Crippen LogP contribution in [0.4, 0.5) is 11.4 Å². The number of hydrogen-bond donors (Lipinski definition) is 3. The summed E-state index contributed by atoms with van der Waals surface area (Å²) in [5, 5.41) is 31.0. The zero-order valence-electron chi connectivity index (χ0n) is 11.9. The van der Waals surface area contributed by atoms with Crippen LogP contribution in [0.25, 0.3) is 0 Å². The molecule has 2 aromatic carbocycles. The number of anilines is 1. The molecule has 0 saturated heterocycles. The molecule has 2 aromatic rings. The summed E-state index contributed by atoms with van der Waals surface area (Å²) in [6, 6.07) is 8.08. The van der Waals surface area contributed by atoms with Crippen LogP contribution >= 0.6 is 0 Å². The maximum Gasteiger partial charge on any atom is 0.336 e. The van der Waals surface area contributed by atoms with E-state index in [9.17, 15) is 24.5 Å². The van der Waals surface area contributed by atoms with Gasteiger partial charge in [0, 0.05) is 17.8 Å². The second-order valence-corrected chi connectivity index (χ2v) is 4.63. The number of carboxylic acid groups (broad SMARTS) is 2. The molecule has 1 amide bonds. The van der Waals surface area contributed by atoms with Crippen molar-refractivity contribution in [3.63, 3.8) is 0 Å². The molecule has 0 fully saturated rings. The average molecular weight is 330 g/mol. The minimum atomic E-state index is -1.48. The third kappa shape index (κ3) is 3.53. The number of carbonyl (C=O) groups excluding carboxylic acids is 1. The van der Waals surface area contributed by atoms with Gasteiger partial charge in [-0.25, -0.2) is 9.59 Å². The van der Waals surface area contributed by atoms with Crippen LogP contribution in [0.2, 0.25) is 0 Å². The van der Waals surface area contributed by atoms with E-state index in [1.807, 2.05) is 0 Å². The molecule has 0 atom stereocenters. The highest BCUT2D eigenvalue weighted by molar-refractivity contribution is 6.11. The number of amides is 1. The molecule has 0 saturated carbocycles. The van der Waals surface area contributed by atoms with E-state index in [4.69, 9.17) is 10.2 Å². The van der Waals surface area contributed by atoms with E-state index in [2.05, 4.69) is 5.32 Å². The van der Waals surface area contributed by atoms with Crippen molar-refractivity contribution in [2.45, 2.75) is 0 Å². The van der Waals surface area contributed by atoms with Crippen LogP contribution in [0.1, 0.15) is 31.1 Å². The number of hydrogen-bond acceptors (Lipinski definition) is 5. The van der Waals surface area contributed by atoms with Crippen molar-refractivity contribution in [2.24, 2.45) is 0 Å². The summed E-state index contributed by atoms with van der Waals surface area (Å²) in [6.07, 6.45) is 0. The maximum atomic E-state index is 12.2. The van der Waals surface area contributed by atoms with Crippen LogP contribution in [-0.4, -0.2) is 33.0 Å². The van der Waals surface area contributed by atoms with Crippen molar-refractivity contribution in [1.29, 1.82) is 0 Å². The Morgan fingerprint density at radius 1 is 0.917 bits per heavy atom. The van der Waals surface area contributed by atoms with E-state index >= 15 is 0 Å². The summed E-state index contributed by atoms with van der Waals surface area (Å²) in [5.74, 6) is -3.40. The van der Waals surface area contributed by atoms with Gasteiger partial charge in [-0.05, 0) is 30.3 Å². The summed E-state index contributed by atoms with van der Waals surface area (Å²) >= 11 is 0. The van der Waals surface area contributed by atoms with Crippen LogP contribution in [0.3, 0.4) is 0 Å². The Hall–Kier alpha value is -3.75. The lowest BCUT2D eigenvalue weighted by atomic mass is 10.1.